The maximum Gasteiger partial charge on any atom is 0.220 e. The predicted octanol–water partition coefficient (Wildman–Crippen LogP) is 3.12. The third-order valence-corrected chi connectivity index (χ3v) is 2.96. The van der Waals surface area contributed by atoms with Gasteiger partial charge in [0.15, 0.2) is 0 Å². The van der Waals surface area contributed by atoms with Gasteiger partial charge in [0.05, 0.1) is 6.07 Å². The maximum atomic E-state index is 11.7. The van der Waals surface area contributed by atoms with Gasteiger partial charge in [0.2, 0.25) is 5.91 Å². The fraction of sp³-hybridized carbons (Fsp3) is 0.467. The van der Waals surface area contributed by atoms with Crippen LogP contribution in [0.3, 0.4) is 0 Å². The Kier molecular flexibility index (Phi) is 5.93. The Bertz CT molecular complexity index is 408. The number of hydrogen-bond acceptors (Lipinski definition) is 2. The summed E-state index contributed by atoms with van der Waals surface area (Å²) in [5.74, 6) is -0.0403. The minimum atomic E-state index is -0.317. The van der Waals surface area contributed by atoms with Gasteiger partial charge in [0, 0.05) is 13.5 Å². The van der Waals surface area contributed by atoms with E-state index in [0.717, 1.165) is 24.8 Å². The summed E-state index contributed by atoms with van der Waals surface area (Å²) in [5.41, 5.74) is 1.06. The number of nitrogens with zero attached hydrogens (tertiary/aromatic N) is 2. The summed E-state index contributed by atoms with van der Waals surface area (Å²) in [5, 5.41) is 9.21. The Hall–Kier alpha value is -1.82. The van der Waals surface area contributed by atoms with E-state index in [1.54, 1.807) is 4.90 Å². The zero-order chi connectivity index (χ0) is 13.4. The summed E-state index contributed by atoms with van der Waals surface area (Å²) in [7, 11) is 0. The molecule has 1 rings (SSSR count). The number of amides is 1. The molecule has 3 heteroatoms. The highest BCUT2D eigenvalue weighted by molar-refractivity contribution is 5.74. The van der Waals surface area contributed by atoms with Crippen LogP contribution in [0.15, 0.2) is 30.3 Å². The lowest BCUT2D eigenvalue weighted by molar-refractivity contribution is -0.130. The Balaban J connectivity index is 2.76. The average molecular weight is 244 g/mol. The molecule has 0 aliphatic heterocycles. The van der Waals surface area contributed by atoms with Crippen LogP contribution in [0, 0.1) is 11.3 Å². The zero-order valence-corrected chi connectivity index (χ0v) is 11.1. The van der Waals surface area contributed by atoms with Gasteiger partial charge in [-0.3, -0.25) is 4.79 Å². The van der Waals surface area contributed by atoms with Crippen LogP contribution >= 0.6 is 0 Å². The molecule has 0 saturated carbocycles. The van der Waals surface area contributed by atoms with E-state index in [2.05, 4.69) is 13.0 Å². The number of carbonyl (C=O) groups excluding carboxylic acids is 1. The Morgan fingerprint density at radius 1 is 1.39 bits per heavy atom. The first kappa shape index (κ1) is 14.2. The first-order valence-corrected chi connectivity index (χ1v) is 6.39. The second kappa shape index (κ2) is 7.50. The van der Waals surface area contributed by atoms with Gasteiger partial charge < -0.3 is 4.90 Å². The quantitative estimate of drug-likeness (QED) is 0.771. The molecule has 0 spiro atoms. The van der Waals surface area contributed by atoms with Crippen molar-refractivity contribution >= 4 is 5.91 Å². The maximum absolute atomic E-state index is 11.7. The van der Waals surface area contributed by atoms with E-state index in [1.807, 2.05) is 30.3 Å². The summed E-state index contributed by atoms with van der Waals surface area (Å²) in [6.07, 6.45) is 2.76. The summed E-state index contributed by atoms with van der Waals surface area (Å²) in [4.78, 5) is 13.3. The van der Waals surface area contributed by atoms with E-state index in [1.165, 1.54) is 6.92 Å². The van der Waals surface area contributed by atoms with Gasteiger partial charge in [-0.05, 0) is 12.0 Å². The second-order valence-corrected chi connectivity index (χ2v) is 4.42. The molecule has 0 aliphatic carbocycles. The van der Waals surface area contributed by atoms with Crippen LogP contribution in [0.2, 0.25) is 0 Å². The van der Waals surface area contributed by atoms with Crippen molar-refractivity contribution in [2.45, 2.75) is 45.7 Å². The van der Waals surface area contributed by atoms with Gasteiger partial charge in [-0.1, -0.05) is 50.1 Å². The van der Waals surface area contributed by atoms with Crippen molar-refractivity contribution in [3.8, 4) is 6.07 Å². The topological polar surface area (TPSA) is 44.1 Å². The molecule has 0 radical (unpaired) electrons. The number of hydrogen-bond donors (Lipinski definition) is 0. The van der Waals surface area contributed by atoms with E-state index < -0.39 is 0 Å². The van der Waals surface area contributed by atoms with Gasteiger partial charge in [-0.15, -0.1) is 0 Å². The van der Waals surface area contributed by atoms with Crippen molar-refractivity contribution in [1.29, 1.82) is 5.26 Å². The lowest BCUT2D eigenvalue weighted by Gasteiger charge is -2.26. The molecular formula is C15H20N2O. The summed E-state index contributed by atoms with van der Waals surface area (Å²) in [6.45, 7) is 4.13. The average Bonchev–Trinajstić information content (AvgIpc) is 2.39. The van der Waals surface area contributed by atoms with Crippen molar-refractivity contribution in [1.82, 2.24) is 4.90 Å². The molecule has 0 bridgehead atoms. The van der Waals surface area contributed by atoms with Crippen LogP contribution in [0.25, 0.3) is 0 Å². The Labute approximate surface area is 109 Å². The highest BCUT2D eigenvalue weighted by Crippen LogP contribution is 2.13. The number of benzene rings is 1. The van der Waals surface area contributed by atoms with Gasteiger partial charge in [-0.2, -0.15) is 5.26 Å². The first-order chi connectivity index (χ1) is 8.69. The number of nitriles is 1. The molecule has 1 atom stereocenters. The molecule has 0 fully saturated rings. The summed E-state index contributed by atoms with van der Waals surface area (Å²) >= 11 is 0. The van der Waals surface area contributed by atoms with Crippen molar-refractivity contribution < 1.29 is 4.79 Å². The molecule has 1 aromatic rings. The van der Waals surface area contributed by atoms with Crippen molar-refractivity contribution in [2.75, 3.05) is 0 Å². The van der Waals surface area contributed by atoms with Crippen molar-refractivity contribution in [3.63, 3.8) is 0 Å². The van der Waals surface area contributed by atoms with Gasteiger partial charge in [-0.25, -0.2) is 0 Å². The van der Waals surface area contributed by atoms with Crippen LogP contribution in [0.4, 0.5) is 0 Å². The molecule has 1 amide bonds. The van der Waals surface area contributed by atoms with Crippen LogP contribution in [-0.2, 0) is 11.3 Å². The largest absolute Gasteiger partial charge is 0.323 e. The number of unbranched alkanes of at least 4 members (excludes halogenated alkanes) is 1. The predicted molar refractivity (Wildman–Crippen MR) is 71.6 cm³/mol. The second-order valence-electron chi connectivity index (χ2n) is 4.42. The third-order valence-electron chi connectivity index (χ3n) is 2.96. The van der Waals surface area contributed by atoms with Crippen LogP contribution in [-0.4, -0.2) is 16.8 Å². The van der Waals surface area contributed by atoms with E-state index in [9.17, 15) is 10.1 Å². The Morgan fingerprint density at radius 2 is 2.06 bits per heavy atom. The minimum Gasteiger partial charge on any atom is -0.323 e. The van der Waals surface area contributed by atoms with Gasteiger partial charge in [0.25, 0.3) is 0 Å². The smallest absolute Gasteiger partial charge is 0.220 e. The number of rotatable bonds is 6. The highest BCUT2D eigenvalue weighted by Gasteiger charge is 2.20. The standard InChI is InChI=1S/C15H20N2O/c1-3-4-10-15(11-16)17(13(2)18)12-14-8-6-5-7-9-14/h5-9,15H,3-4,10,12H2,1-2H3. The first-order valence-electron chi connectivity index (χ1n) is 6.39. The van der Waals surface area contributed by atoms with E-state index in [0.29, 0.717) is 6.54 Å². The Morgan fingerprint density at radius 3 is 2.56 bits per heavy atom. The normalized spacial score (nSPS) is 11.6. The summed E-state index contributed by atoms with van der Waals surface area (Å²) < 4.78 is 0. The molecule has 1 aromatic carbocycles. The van der Waals surface area contributed by atoms with Crippen molar-refractivity contribution in [3.05, 3.63) is 35.9 Å². The lowest BCUT2D eigenvalue weighted by atomic mass is 10.1. The van der Waals surface area contributed by atoms with Gasteiger partial charge in [0.1, 0.15) is 6.04 Å². The molecule has 0 aromatic heterocycles. The lowest BCUT2D eigenvalue weighted by Crippen LogP contribution is -2.37. The molecule has 0 saturated heterocycles. The van der Waals surface area contributed by atoms with E-state index in [-0.39, 0.29) is 11.9 Å². The molecule has 0 N–H and O–H groups in total. The van der Waals surface area contributed by atoms with Gasteiger partial charge >= 0.3 is 0 Å². The molecular weight excluding hydrogens is 224 g/mol. The van der Waals surface area contributed by atoms with Crippen LogP contribution < -0.4 is 0 Å². The fourth-order valence-corrected chi connectivity index (χ4v) is 1.91. The molecule has 0 aliphatic rings. The van der Waals surface area contributed by atoms with Crippen LogP contribution in [0.1, 0.15) is 38.7 Å². The minimum absolute atomic E-state index is 0.0403. The zero-order valence-electron chi connectivity index (χ0n) is 11.1. The molecule has 96 valence electrons. The number of carbonyl (C=O) groups is 1. The molecule has 3 nitrogen and oxygen atoms in total. The van der Waals surface area contributed by atoms with Crippen LogP contribution in [0.5, 0.6) is 0 Å². The van der Waals surface area contributed by atoms with E-state index >= 15 is 0 Å². The third kappa shape index (κ3) is 4.21. The van der Waals surface area contributed by atoms with Crippen molar-refractivity contribution in [2.24, 2.45) is 0 Å². The fourth-order valence-electron chi connectivity index (χ4n) is 1.91. The highest BCUT2D eigenvalue weighted by atomic mass is 16.2. The summed E-state index contributed by atoms with van der Waals surface area (Å²) in [6, 6.07) is 11.7. The molecule has 1 unspecified atom stereocenters. The monoisotopic (exact) mass is 244 g/mol. The molecule has 0 heterocycles. The SMILES string of the molecule is CCCCC(C#N)N(Cc1ccccc1)C(C)=O. The van der Waals surface area contributed by atoms with E-state index in [4.69, 9.17) is 0 Å². The molecule has 18 heavy (non-hydrogen) atoms.